The molecular weight excluding hydrogens is 208 g/mol. The minimum atomic E-state index is 0.730. The Bertz CT molecular complexity index is 323. The predicted molar refractivity (Wildman–Crippen MR) is 73.8 cm³/mol. The zero-order valence-corrected chi connectivity index (χ0v) is 11.8. The van der Waals surface area contributed by atoms with Crippen molar-refractivity contribution >= 4 is 0 Å². The van der Waals surface area contributed by atoms with Crippen LogP contribution in [0.3, 0.4) is 0 Å². The summed E-state index contributed by atoms with van der Waals surface area (Å²) in [6.45, 7) is 13.2. The zero-order chi connectivity index (χ0) is 12.8. The molecule has 2 heteroatoms. The first-order chi connectivity index (χ1) is 8.00. The van der Waals surface area contributed by atoms with Crippen LogP contribution in [-0.2, 0) is 6.54 Å². The van der Waals surface area contributed by atoms with Gasteiger partial charge in [-0.15, -0.1) is 0 Å². The molecule has 0 aliphatic heterocycles. The fourth-order valence-corrected chi connectivity index (χ4v) is 2.31. The molecule has 1 heterocycles. The van der Waals surface area contributed by atoms with E-state index in [2.05, 4.69) is 50.1 Å². The van der Waals surface area contributed by atoms with E-state index in [-0.39, 0.29) is 0 Å². The summed E-state index contributed by atoms with van der Waals surface area (Å²) in [5, 5.41) is 3.53. The second kappa shape index (κ2) is 6.75. The predicted octanol–water partition coefficient (Wildman–Crippen LogP) is 3.41. The third-order valence-corrected chi connectivity index (χ3v) is 3.34. The van der Waals surface area contributed by atoms with E-state index in [1.165, 1.54) is 0 Å². The van der Waals surface area contributed by atoms with Crippen molar-refractivity contribution in [2.75, 3.05) is 6.54 Å². The Morgan fingerprint density at radius 3 is 2.29 bits per heavy atom. The Balaban J connectivity index is 2.41. The van der Waals surface area contributed by atoms with E-state index in [1.807, 2.05) is 13.0 Å². The minimum absolute atomic E-state index is 0.730. The molecule has 0 saturated heterocycles. The number of pyridine rings is 1. The molecule has 0 radical (unpaired) electrons. The number of hydrogen-bond acceptors (Lipinski definition) is 2. The minimum Gasteiger partial charge on any atom is -0.311 e. The molecule has 1 aromatic heterocycles. The van der Waals surface area contributed by atoms with Crippen LogP contribution >= 0.6 is 0 Å². The van der Waals surface area contributed by atoms with Crippen LogP contribution in [-0.4, -0.2) is 11.5 Å². The van der Waals surface area contributed by atoms with Gasteiger partial charge in [-0.3, -0.25) is 4.98 Å². The highest BCUT2D eigenvalue weighted by atomic mass is 14.9. The van der Waals surface area contributed by atoms with Crippen molar-refractivity contribution in [2.45, 2.75) is 41.2 Å². The van der Waals surface area contributed by atoms with Gasteiger partial charge in [-0.1, -0.05) is 33.8 Å². The summed E-state index contributed by atoms with van der Waals surface area (Å²) in [6, 6.07) is 6.19. The van der Waals surface area contributed by atoms with Gasteiger partial charge >= 0.3 is 0 Å². The lowest BCUT2D eigenvalue weighted by atomic mass is 9.85. The Hall–Kier alpha value is -0.890. The molecule has 1 N–H and O–H groups in total. The summed E-state index contributed by atoms with van der Waals surface area (Å²) in [5.41, 5.74) is 2.23. The molecule has 0 spiro atoms. The molecule has 0 fully saturated rings. The highest BCUT2D eigenvalue weighted by Gasteiger charge is 2.16. The molecular formula is C15H26N2. The zero-order valence-electron chi connectivity index (χ0n) is 11.8. The van der Waals surface area contributed by atoms with Crippen LogP contribution in [0.5, 0.6) is 0 Å². The monoisotopic (exact) mass is 234 g/mol. The summed E-state index contributed by atoms with van der Waals surface area (Å²) in [6.07, 6.45) is 0. The maximum absolute atomic E-state index is 4.50. The van der Waals surface area contributed by atoms with Crippen molar-refractivity contribution in [3.63, 3.8) is 0 Å². The number of rotatable bonds is 6. The van der Waals surface area contributed by atoms with Crippen LogP contribution in [0, 0.1) is 24.7 Å². The molecule has 0 aliphatic carbocycles. The van der Waals surface area contributed by atoms with Crippen LogP contribution in [0.2, 0.25) is 0 Å². The summed E-state index contributed by atoms with van der Waals surface area (Å²) in [7, 11) is 0. The quantitative estimate of drug-likeness (QED) is 0.816. The Morgan fingerprint density at radius 1 is 1.12 bits per heavy atom. The Labute approximate surface area is 106 Å². The molecule has 17 heavy (non-hydrogen) atoms. The Morgan fingerprint density at radius 2 is 1.76 bits per heavy atom. The van der Waals surface area contributed by atoms with Crippen LogP contribution in [0.25, 0.3) is 0 Å². The molecule has 1 rings (SSSR count). The van der Waals surface area contributed by atoms with Gasteiger partial charge in [-0.05, 0) is 43.4 Å². The Kier molecular flexibility index (Phi) is 5.63. The first-order valence-corrected chi connectivity index (χ1v) is 6.64. The van der Waals surface area contributed by atoms with Crippen molar-refractivity contribution in [2.24, 2.45) is 17.8 Å². The molecule has 0 aromatic carbocycles. The van der Waals surface area contributed by atoms with E-state index in [0.717, 1.165) is 42.2 Å². The van der Waals surface area contributed by atoms with E-state index in [0.29, 0.717) is 0 Å². The summed E-state index contributed by atoms with van der Waals surface area (Å²) < 4.78 is 0. The van der Waals surface area contributed by atoms with Crippen molar-refractivity contribution in [1.29, 1.82) is 0 Å². The van der Waals surface area contributed by atoms with E-state index in [9.17, 15) is 0 Å². The molecule has 0 bridgehead atoms. The molecule has 0 unspecified atom stereocenters. The van der Waals surface area contributed by atoms with E-state index < -0.39 is 0 Å². The molecule has 0 amide bonds. The van der Waals surface area contributed by atoms with Crippen LogP contribution in [0.1, 0.15) is 39.1 Å². The molecule has 96 valence electrons. The van der Waals surface area contributed by atoms with Crippen molar-refractivity contribution < 1.29 is 0 Å². The highest BCUT2D eigenvalue weighted by molar-refractivity contribution is 5.09. The maximum atomic E-state index is 4.50. The fourth-order valence-electron chi connectivity index (χ4n) is 2.31. The second-order valence-electron chi connectivity index (χ2n) is 5.55. The molecule has 0 aliphatic rings. The SMILES string of the molecule is Cc1cccc(CNCC(C(C)C)C(C)C)n1. The van der Waals surface area contributed by atoms with Gasteiger partial charge < -0.3 is 5.32 Å². The first-order valence-electron chi connectivity index (χ1n) is 6.64. The number of aryl methyl sites for hydroxylation is 1. The van der Waals surface area contributed by atoms with Crippen molar-refractivity contribution in [1.82, 2.24) is 10.3 Å². The van der Waals surface area contributed by atoms with Gasteiger partial charge in [0.1, 0.15) is 0 Å². The number of aromatic nitrogens is 1. The van der Waals surface area contributed by atoms with Crippen LogP contribution in [0.15, 0.2) is 18.2 Å². The molecule has 1 aromatic rings. The lowest BCUT2D eigenvalue weighted by molar-refractivity contribution is 0.275. The summed E-state index contributed by atoms with van der Waals surface area (Å²) in [4.78, 5) is 4.50. The lowest BCUT2D eigenvalue weighted by Gasteiger charge is -2.25. The summed E-state index contributed by atoms with van der Waals surface area (Å²) in [5.74, 6) is 2.20. The smallest absolute Gasteiger partial charge is 0.0544 e. The third-order valence-electron chi connectivity index (χ3n) is 3.34. The van der Waals surface area contributed by atoms with Crippen molar-refractivity contribution in [3.05, 3.63) is 29.6 Å². The maximum Gasteiger partial charge on any atom is 0.0544 e. The number of nitrogens with zero attached hydrogens (tertiary/aromatic N) is 1. The van der Waals surface area contributed by atoms with Crippen molar-refractivity contribution in [3.8, 4) is 0 Å². The van der Waals surface area contributed by atoms with Crippen LogP contribution < -0.4 is 5.32 Å². The first kappa shape index (κ1) is 14.2. The van der Waals surface area contributed by atoms with Gasteiger partial charge in [-0.25, -0.2) is 0 Å². The van der Waals surface area contributed by atoms with Crippen LogP contribution in [0.4, 0.5) is 0 Å². The second-order valence-corrected chi connectivity index (χ2v) is 5.55. The lowest BCUT2D eigenvalue weighted by Crippen LogP contribution is -2.29. The average Bonchev–Trinajstić information content (AvgIpc) is 2.23. The van der Waals surface area contributed by atoms with E-state index in [1.54, 1.807) is 0 Å². The van der Waals surface area contributed by atoms with E-state index >= 15 is 0 Å². The van der Waals surface area contributed by atoms with Gasteiger partial charge in [0.05, 0.1) is 5.69 Å². The summed E-state index contributed by atoms with van der Waals surface area (Å²) >= 11 is 0. The third kappa shape index (κ3) is 4.86. The van der Waals surface area contributed by atoms with Gasteiger partial charge in [0.2, 0.25) is 0 Å². The fraction of sp³-hybridized carbons (Fsp3) is 0.667. The van der Waals surface area contributed by atoms with Gasteiger partial charge in [0.15, 0.2) is 0 Å². The van der Waals surface area contributed by atoms with Gasteiger partial charge in [0, 0.05) is 12.2 Å². The number of nitrogens with one attached hydrogen (secondary N) is 1. The molecule has 0 saturated carbocycles. The normalized spacial score (nSPS) is 11.8. The van der Waals surface area contributed by atoms with E-state index in [4.69, 9.17) is 0 Å². The van der Waals surface area contributed by atoms with Gasteiger partial charge in [-0.2, -0.15) is 0 Å². The van der Waals surface area contributed by atoms with Gasteiger partial charge in [0.25, 0.3) is 0 Å². The topological polar surface area (TPSA) is 24.9 Å². The molecule has 0 atom stereocenters. The standard InChI is InChI=1S/C15H26N2/c1-11(2)15(12(3)4)10-16-9-14-8-6-7-13(5)17-14/h6-8,11-12,15-16H,9-10H2,1-5H3. The largest absolute Gasteiger partial charge is 0.311 e. The molecule has 2 nitrogen and oxygen atoms in total. The average molecular weight is 234 g/mol. The number of hydrogen-bond donors (Lipinski definition) is 1. The highest BCUT2D eigenvalue weighted by Crippen LogP contribution is 2.19.